The third-order valence-electron chi connectivity index (χ3n) is 1.01. The summed E-state index contributed by atoms with van der Waals surface area (Å²) in [5.41, 5.74) is 0.0802. The quantitative estimate of drug-likeness (QED) is 0.623. The second-order valence-electron chi connectivity index (χ2n) is 1.67. The molecule has 1 rings (SSSR count). The third-order valence-corrected chi connectivity index (χ3v) is 1.22. The molecule has 0 aliphatic rings. The Hall–Kier alpha value is -1.09. The number of aromatic hydroxyl groups is 1. The molecule has 1 N–H and O–H groups in total. The first-order chi connectivity index (χ1) is 4.72. The van der Waals surface area contributed by atoms with Crippen molar-refractivity contribution >= 4 is 16.8 Å². The Morgan fingerprint density at radius 1 is 1.70 bits per heavy atom. The molecule has 1 heterocycles. The molecular weight excluding hydrogens is 154 g/mol. The van der Waals surface area contributed by atoms with E-state index in [1.165, 1.54) is 12.3 Å². The number of carbonyl (C=O) groups excluding carboxylic acids is 1. The van der Waals surface area contributed by atoms with Crippen LogP contribution in [0.5, 0.6) is 5.75 Å². The van der Waals surface area contributed by atoms with Crippen molar-refractivity contribution < 1.29 is 9.90 Å². The van der Waals surface area contributed by atoms with Gasteiger partial charge in [-0.25, -0.2) is 0 Å². The van der Waals surface area contributed by atoms with Gasteiger partial charge in [-0.15, -0.1) is 0 Å². The topological polar surface area (TPSA) is 50.2 Å². The number of rotatable bonds is 1. The van der Waals surface area contributed by atoms with Gasteiger partial charge in [-0.05, 0) is 17.7 Å². The van der Waals surface area contributed by atoms with E-state index in [0.29, 0.717) is 0 Å². The van der Waals surface area contributed by atoms with E-state index in [9.17, 15) is 4.79 Å². The smallest absolute Gasteiger partial charge is 0.256 e. The number of hydrogen-bond acceptors (Lipinski definition) is 3. The number of carbonyl (C=O) groups is 1. The minimum atomic E-state index is -0.681. The molecule has 0 spiro atoms. The van der Waals surface area contributed by atoms with E-state index in [2.05, 4.69) is 4.98 Å². The van der Waals surface area contributed by atoms with Gasteiger partial charge in [0.15, 0.2) is 0 Å². The summed E-state index contributed by atoms with van der Waals surface area (Å²) in [6.07, 6.45) is 2.55. The van der Waals surface area contributed by atoms with Gasteiger partial charge in [-0.1, -0.05) is 0 Å². The third kappa shape index (κ3) is 1.25. The van der Waals surface area contributed by atoms with Crippen LogP contribution in [-0.2, 0) is 0 Å². The van der Waals surface area contributed by atoms with E-state index in [0.717, 1.165) is 6.20 Å². The van der Waals surface area contributed by atoms with E-state index in [1.807, 2.05) is 0 Å². The predicted molar refractivity (Wildman–Crippen MR) is 36.1 cm³/mol. The van der Waals surface area contributed by atoms with Crippen molar-refractivity contribution in [2.75, 3.05) is 0 Å². The largest absolute Gasteiger partial charge is 0.506 e. The fraction of sp³-hybridized carbons (Fsp3) is 0. The first kappa shape index (κ1) is 7.02. The SMILES string of the molecule is O=C(Cl)c1ccncc1O. The summed E-state index contributed by atoms with van der Waals surface area (Å²) in [7, 11) is 0. The van der Waals surface area contributed by atoms with Crippen LogP contribution in [0.4, 0.5) is 0 Å². The minimum Gasteiger partial charge on any atom is -0.506 e. The van der Waals surface area contributed by atoms with Crippen LogP contribution >= 0.6 is 11.6 Å². The van der Waals surface area contributed by atoms with Gasteiger partial charge in [-0.2, -0.15) is 0 Å². The minimum absolute atomic E-state index is 0.0802. The van der Waals surface area contributed by atoms with Crippen LogP contribution < -0.4 is 0 Å². The summed E-state index contributed by atoms with van der Waals surface area (Å²) < 4.78 is 0. The Labute approximate surface area is 62.3 Å². The van der Waals surface area contributed by atoms with Crippen LogP contribution in [0, 0.1) is 0 Å². The maximum Gasteiger partial charge on any atom is 0.256 e. The standard InChI is InChI=1S/C6H4ClNO2/c7-6(10)4-1-2-8-3-5(4)9/h1-3,9H. The molecule has 0 bridgehead atoms. The summed E-state index contributed by atoms with van der Waals surface area (Å²) in [5.74, 6) is -0.192. The average molecular weight is 158 g/mol. The van der Waals surface area contributed by atoms with E-state index in [4.69, 9.17) is 16.7 Å². The Kier molecular flexibility index (Phi) is 1.87. The molecule has 0 atom stereocenters. The first-order valence-electron chi connectivity index (χ1n) is 2.54. The lowest BCUT2D eigenvalue weighted by molar-refractivity contribution is 0.107. The van der Waals surface area contributed by atoms with Crippen LogP contribution in [0.2, 0.25) is 0 Å². The normalized spacial score (nSPS) is 9.30. The van der Waals surface area contributed by atoms with Gasteiger partial charge in [0.1, 0.15) is 5.75 Å². The van der Waals surface area contributed by atoms with E-state index < -0.39 is 5.24 Å². The van der Waals surface area contributed by atoms with Crippen molar-refractivity contribution in [3.05, 3.63) is 24.0 Å². The Bertz CT molecular complexity index is 262. The van der Waals surface area contributed by atoms with Crippen LogP contribution in [0.3, 0.4) is 0 Å². The fourth-order valence-corrected chi connectivity index (χ4v) is 0.712. The van der Waals surface area contributed by atoms with Crippen molar-refractivity contribution in [2.24, 2.45) is 0 Å². The number of pyridine rings is 1. The molecule has 0 saturated heterocycles. The van der Waals surface area contributed by atoms with Gasteiger partial charge in [0.2, 0.25) is 0 Å². The van der Waals surface area contributed by atoms with E-state index in [1.54, 1.807) is 0 Å². The Morgan fingerprint density at radius 3 is 2.80 bits per heavy atom. The summed E-state index contributed by atoms with van der Waals surface area (Å²) in [4.78, 5) is 14.0. The van der Waals surface area contributed by atoms with E-state index in [-0.39, 0.29) is 11.3 Å². The molecule has 3 nitrogen and oxygen atoms in total. The Morgan fingerprint density at radius 2 is 2.40 bits per heavy atom. The molecule has 0 radical (unpaired) electrons. The molecule has 0 unspecified atom stereocenters. The van der Waals surface area contributed by atoms with E-state index >= 15 is 0 Å². The van der Waals surface area contributed by atoms with Crippen molar-refractivity contribution in [3.8, 4) is 5.75 Å². The fourth-order valence-electron chi connectivity index (χ4n) is 0.552. The first-order valence-corrected chi connectivity index (χ1v) is 2.92. The van der Waals surface area contributed by atoms with Gasteiger partial charge in [0.05, 0.1) is 11.8 Å². The van der Waals surface area contributed by atoms with Gasteiger partial charge in [-0.3, -0.25) is 9.78 Å². The maximum absolute atomic E-state index is 10.4. The lowest BCUT2D eigenvalue weighted by atomic mass is 10.3. The lowest BCUT2D eigenvalue weighted by Gasteiger charge is -1.94. The summed E-state index contributed by atoms with van der Waals surface area (Å²) >= 11 is 5.08. The highest BCUT2D eigenvalue weighted by Crippen LogP contribution is 2.15. The molecule has 10 heavy (non-hydrogen) atoms. The molecule has 52 valence electrons. The molecule has 0 amide bonds. The lowest BCUT2D eigenvalue weighted by Crippen LogP contribution is -1.88. The second-order valence-corrected chi connectivity index (χ2v) is 2.01. The number of hydrogen-bond donors (Lipinski definition) is 1. The van der Waals surface area contributed by atoms with Crippen LogP contribution in [-0.4, -0.2) is 15.3 Å². The van der Waals surface area contributed by atoms with Gasteiger partial charge in [0, 0.05) is 6.20 Å². The zero-order valence-corrected chi connectivity index (χ0v) is 5.67. The number of nitrogens with zero attached hydrogens (tertiary/aromatic N) is 1. The molecule has 0 aromatic carbocycles. The number of halogens is 1. The van der Waals surface area contributed by atoms with Crippen LogP contribution in [0.1, 0.15) is 10.4 Å². The van der Waals surface area contributed by atoms with Crippen molar-refractivity contribution in [1.82, 2.24) is 4.98 Å². The zero-order valence-electron chi connectivity index (χ0n) is 4.91. The van der Waals surface area contributed by atoms with Crippen molar-refractivity contribution in [2.45, 2.75) is 0 Å². The van der Waals surface area contributed by atoms with Gasteiger partial charge >= 0.3 is 0 Å². The zero-order chi connectivity index (χ0) is 7.56. The molecular formula is C6H4ClNO2. The molecule has 0 saturated carbocycles. The molecule has 4 heteroatoms. The Balaban J connectivity index is 3.15. The highest BCUT2D eigenvalue weighted by Gasteiger charge is 2.05. The highest BCUT2D eigenvalue weighted by molar-refractivity contribution is 6.68. The van der Waals surface area contributed by atoms with Gasteiger partial charge in [0.25, 0.3) is 5.24 Å². The maximum atomic E-state index is 10.4. The number of aromatic nitrogens is 1. The van der Waals surface area contributed by atoms with Gasteiger partial charge < -0.3 is 5.11 Å². The molecule has 0 aliphatic heterocycles. The molecule has 0 aliphatic carbocycles. The van der Waals surface area contributed by atoms with Crippen LogP contribution in [0.15, 0.2) is 18.5 Å². The van der Waals surface area contributed by atoms with Crippen molar-refractivity contribution in [1.29, 1.82) is 0 Å². The summed E-state index contributed by atoms with van der Waals surface area (Å²) in [6, 6.07) is 1.35. The second kappa shape index (κ2) is 2.66. The monoisotopic (exact) mass is 157 g/mol. The molecule has 1 aromatic heterocycles. The molecule has 1 aromatic rings. The summed E-state index contributed by atoms with van der Waals surface area (Å²) in [5, 5.41) is 8.23. The van der Waals surface area contributed by atoms with Crippen molar-refractivity contribution in [3.63, 3.8) is 0 Å². The predicted octanol–water partition coefficient (Wildman–Crippen LogP) is 1.17. The summed E-state index contributed by atoms with van der Waals surface area (Å²) in [6.45, 7) is 0. The van der Waals surface area contributed by atoms with Crippen LogP contribution in [0.25, 0.3) is 0 Å². The molecule has 0 fully saturated rings. The highest BCUT2D eigenvalue weighted by atomic mass is 35.5. The average Bonchev–Trinajstić information content (AvgIpc) is 1.88.